The quantitative estimate of drug-likeness (QED) is 0.583. The van der Waals surface area contributed by atoms with Crippen LogP contribution in [0, 0.1) is 11.3 Å². The van der Waals surface area contributed by atoms with E-state index in [4.69, 9.17) is 5.26 Å². The molecule has 0 aromatic heterocycles. The van der Waals surface area contributed by atoms with Gasteiger partial charge in [-0.3, -0.25) is 4.79 Å². The number of rotatable bonds is 7. The lowest BCUT2D eigenvalue weighted by Gasteiger charge is -2.25. The summed E-state index contributed by atoms with van der Waals surface area (Å²) >= 11 is 0. The summed E-state index contributed by atoms with van der Waals surface area (Å²) in [7, 11) is -4.04. The summed E-state index contributed by atoms with van der Waals surface area (Å²) in [6, 6.07) is 11.0. The number of sulfonamides is 1. The van der Waals surface area contributed by atoms with Gasteiger partial charge in [0.15, 0.2) is 0 Å². The van der Waals surface area contributed by atoms with Crippen molar-refractivity contribution in [2.75, 3.05) is 6.54 Å². The number of nitriles is 1. The molecule has 2 atom stereocenters. The first-order valence-corrected chi connectivity index (χ1v) is 11.0. The van der Waals surface area contributed by atoms with E-state index in [1.165, 1.54) is 36.4 Å². The van der Waals surface area contributed by atoms with Crippen molar-refractivity contribution in [1.29, 1.82) is 5.26 Å². The van der Waals surface area contributed by atoms with Crippen molar-refractivity contribution in [1.82, 2.24) is 9.62 Å². The molecule has 1 saturated heterocycles. The van der Waals surface area contributed by atoms with Crippen LogP contribution in [0.1, 0.15) is 24.0 Å². The molecule has 0 radical (unpaired) electrons. The van der Waals surface area contributed by atoms with Gasteiger partial charge >= 0.3 is 5.97 Å². The number of carbonyl (C=O) groups excluding carboxylic acids is 1. The van der Waals surface area contributed by atoms with E-state index in [0.29, 0.717) is 12.0 Å². The maximum Gasteiger partial charge on any atom is 0.326 e. The summed E-state index contributed by atoms with van der Waals surface area (Å²) in [5, 5.41) is 30.3. The molecule has 0 unspecified atom stereocenters. The number of nitrogens with one attached hydrogen (secondary N) is 1. The van der Waals surface area contributed by atoms with Crippen molar-refractivity contribution < 1.29 is 28.2 Å². The number of benzene rings is 2. The predicted molar refractivity (Wildman–Crippen MR) is 109 cm³/mol. The number of amides is 1. The molecule has 3 rings (SSSR count). The third-order valence-corrected chi connectivity index (χ3v) is 6.97. The largest absolute Gasteiger partial charge is 0.508 e. The summed E-state index contributed by atoms with van der Waals surface area (Å²) in [4.78, 5) is 24.4. The molecule has 2 aromatic carbocycles. The Morgan fingerprint density at radius 2 is 1.94 bits per heavy atom. The fourth-order valence-electron chi connectivity index (χ4n) is 3.49. The summed E-state index contributed by atoms with van der Waals surface area (Å²) < 4.78 is 27.2. The van der Waals surface area contributed by atoms with Crippen LogP contribution in [0.2, 0.25) is 0 Å². The fraction of sp³-hybridized carbons (Fsp3) is 0.286. The number of aliphatic carboxylic acids is 1. The number of carboxylic acid groups (broad SMARTS) is 1. The lowest BCUT2D eigenvalue weighted by Crippen LogP contribution is -2.51. The summed E-state index contributed by atoms with van der Waals surface area (Å²) in [6.07, 6.45) is 0.685. The first kappa shape index (κ1) is 22.3. The highest BCUT2D eigenvalue weighted by atomic mass is 32.2. The molecular formula is C21H21N3O6S. The molecule has 0 spiro atoms. The number of phenols is 1. The summed E-state index contributed by atoms with van der Waals surface area (Å²) in [6.45, 7) is 0.118. The molecule has 1 heterocycles. The Hall–Kier alpha value is -3.42. The van der Waals surface area contributed by atoms with Crippen molar-refractivity contribution in [2.45, 2.75) is 36.2 Å². The van der Waals surface area contributed by atoms with Gasteiger partial charge in [0, 0.05) is 13.0 Å². The molecule has 9 nitrogen and oxygen atoms in total. The molecule has 1 amide bonds. The minimum atomic E-state index is -4.04. The van der Waals surface area contributed by atoms with Gasteiger partial charge in [0.1, 0.15) is 17.8 Å². The lowest BCUT2D eigenvalue weighted by atomic mass is 10.1. The molecule has 1 aliphatic rings. The Bertz CT molecular complexity index is 1120. The third-order valence-electron chi connectivity index (χ3n) is 5.07. The topological polar surface area (TPSA) is 148 Å². The molecule has 0 aliphatic carbocycles. The molecular weight excluding hydrogens is 422 g/mol. The number of carbonyl (C=O) groups is 2. The van der Waals surface area contributed by atoms with Crippen LogP contribution < -0.4 is 5.32 Å². The second-order valence-electron chi connectivity index (χ2n) is 7.18. The molecule has 1 fully saturated rings. The molecule has 2 aromatic rings. The van der Waals surface area contributed by atoms with Gasteiger partial charge in [-0.15, -0.1) is 0 Å². The van der Waals surface area contributed by atoms with Crippen molar-refractivity contribution >= 4 is 21.9 Å². The first-order valence-electron chi connectivity index (χ1n) is 9.55. The van der Waals surface area contributed by atoms with E-state index < -0.39 is 34.0 Å². The first-order chi connectivity index (χ1) is 14.7. The predicted octanol–water partition coefficient (Wildman–Crippen LogP) is 1.23. The molecule has 1 aliphatic heterocycles. The number of carboxylic acids is 1. The van der Waals surface area contributed by atoms with Gasteiger partial charge in [0.2, 0.25) is 15.9 Å². The number of hydrogen-bond donors (Lipinski definition) is 3. The van der Waals surface area contributed by atoms with Crippen molar-refractivity contribution in [3.8, 4) is 11.8 Å². The second kappa shape index (κ2) is 9.16. The molecule has 31 heavy (non-hydrogen) atoms. The molecule has 162 valence electrons. The van der Waals surface area contributed by atoms with E-state index in [2.05, 4.69) is 5.32 Å². The Balaban J connectivity index is 1.78. The van der Waals surface area contributed by atoms with E-state index in [1.54, 1.807) is 12.1 Å². The average molecular weight is 443 g/mol. The smallest absolute Gasteiger partial charge is 0.326 e. The van der Waals surface area contributed by atoms with Gasteiger partial charge < -0.3 is 15.5 Å². The van der Waals surface area contributed by atoms with E-state index >= 15 is 0 Å². The standard InChI is InChI=1S/C21H21N3O6S/c22-13-15-3-1-4-17(11-15)31(29,30)24-10-2-5-19(24)20(26)23-18(21(27)28)12-14-6-8-16(25)9-7-14/h1,3-4,6-9,11,18-19,25H,2,5,10,12H2,(H,23,26)(H,27,28)/t18-,19-/m0/s1. The van der Waals surface area contributed by atoms with Crippen LogP contribution in [0.15, 0.2) is 53.4 Å². The van der Waals surface area contributed by atoms with Crippen LogP contribution in [0.5, 0.6) is 5.75 Å². The number of aromatic hydroxyl groups is 1. The van der Waals surface area contributed by atoms with Crippen LogP contribution in [-0.2, 0) is 26.0 Å². The Kier molecular flexibility index (Phi) is 6.58. The van der Waals surface area contributed by atoms with Crippen molar-refractivity contribution in [3.63, 3.8) is 0 Å². The molecule has 3 N–H and O–H groups in total. The number of phenolic OH excluding ortho intramolecular Hbond substituents is 1. The minimum Gasteiger partial charge on any atom is -0.508 e. The SMILES string of the molecule is N#Cc1cccc(S(=O)(=O)N2CCC[C@H]2C(=O)N[C@@H](Cc2ccc(O)cc2)C(=O)O)c1. The Labute approximate surface area is 179 Å². The number of hydrogen-bond acceptors (Lipinski definition) is 6. The van der Waals surface area contributed by atoms with Crippen molar-refractivity contribution in [3.05, 3.63) is 59.7 Å². The van der Waals surface area contributed by atoms with Gasteiger partial charge in [-0.25, -0.2) is 13.2 Å². The zero-order valence-corrected chi connectivity index (χ0v) is 17.2. The summed E-state index contributed by atoms with van der Waals surface area (Å²) in [5.74, 6) is -1.91. The van der Waals surface area contributed by atoms with Crippen LogP contribution in [0.25, 0.3) is 0 Å². The van der Waals surface area contributed by atoms with E-state index in [9.17, 15) is 28.2 Å². The lowest BCUT2D eigenvalue weighted by molar-refractivity contribution is -0.142. The van der Waals surface area contributed by atoms with Crippen LogP contribution in [0.4, 0.5) is 0 Å². The zero-order valence-electron chi connectivity index (χ0n) is 16.4. The average Bonchev–Trinajstić information content (AvgIpc) is 3.25. The Morgan fingerprint density at radius 1 is 1.23 bits per heavy atom. The van der Waals surface area contributed by atoms with Gasteiger partial charge in [-0.05, 0) is 48.7 Å². The zero-order chi connectivity index (χ0) is 22.6. The minimum absolute atomic E-state index is 0.0228. The van der Waals surface area contributed by atoms with E-state index in [-0.39, 0.29) is 35.6 Å². The van der Waals surface area contributed by atoms with E-state index in [0.717, 1.165) is 4.31 Å². The number of nitrogens with zero attached hydrogens (tertiary/aromatic N) is 2. The maximum absolute atomic E-state index is 13.1. The molecule has 10 heteroatoms. The normalized spacial score (nSPS) is 17.6. The van der Waals surface area contributed by atoms with Crippen LogP contribution >= 0.6 is 0 Å². The van der Waals surface area contributed by atoms with Gasteiger partial charge in [0.25, 0.3) is 0 Å². The summed E-state index contributed by atoms with van der Waals surface area (Å²) in [5.41, 5.74) is 0.774. The highest BCUT2D eigenvalue weighted by Gasteiger charge is 2.40. The van der Waals surface area contributed by atoms with Gasteiger partial charge in [-0.2, -0.15) is 9.57 Å². The monoisotopic (exact) mass is 443 g/mol. The van der Waals surface area contributed by atoms with Crippen LogP contribution in [0.3, 0.4) is 0 Å². The van der Waals surface area contributed by atoms with Gasteiger partial charge in [0.05, 0.1) is 16.5 Å². The van der Waals surface area contributed by atoms with E-state index in [1.807, 2.05) is 6.07 Å². The fourth-order valence-corrected chi connectivity index (χ4v) is 5.19. The molecule has 0 bridgehead atoms. The highest BCUT2D eigenvalue weighted by molar-refractivity contribution is 7.89. The highest BCUT2D eigenvalue weighted by Crippen LogP contribution is 2.27. The van der Waals surface area contributed by atoms with Crippen LogP contribution in [-0.4, -0.2) is 53.4 Å². The second-order valence-corrected chi connectivity index (χ2v) is 9.07. The van der Waals surface area contributed by atoms with Crippen molar-refractivity contribution in [2.24, 2.45) is 0 Å². The Morgan fingerprint density at radius 3 is 2.58 bits per heavy atom. The van der Waals surface area contributed by atoms with Gasteiger partial charge in [-0.1, -0.05) is 18.2 Å². The molecule has 0 saturated carbocycles. The maximum atomic E-state index is 13.1. The third kappa shape index (κ3) is 5.02.